The van der Waals surface area contributed by atoms with E-state index in [1.807, 2.05) is 0 Å². The first kappa shape index (κ1) is 18.0. The summed E-state index contributed by atoms with van der Waals surface area (Å²) in [6.45, 7) is 0. The monoisotopic (exact) mass is 396 g/mol. The summed E-state index contributed by atoms with van der Waals surface area (Å²) in [5.41, 5.74) is -0.224. The van der Waals surface area contributed by atoms with Crippen molar-refractivity contribution in [2.24, 2.45) is 0 Å². The molecule has 2 aromatic heterocycles. The molecule has 0 saturated carbocycles. The number of hydrogen-bond donors (Lipinski definition) is 1. The van der Waals surface area contributed by atoms with E-state index in [-0.39, 0.29) is 28.5 Å². The van der Waals surface area contributed by atoms with Gasteiger partial charge in [0.25, 0.3) is 5.69 Å². The molecule has 0 amide bonds. The Hall–Kier alpha value is -4.35. The van der Waals surface area contributed by atoms with Gasteiger partial charge in [0.15, 0.2) is 5.78 Å². The summed E-state index contributed by atoms with van der Waals surface area (Å²) >= 11 is 0. The van der Waals surface area contributed by atoms with Gasteiger partial charge in [-0.15, -0.1) is 0 Å². The number of aromatic nitrogens is 4. The van der Waals surface area contributed by atoms with Crippen LogP contribution in [-0.2, 0) is 9.53 Å². The number of methoxy groups -OCH3 is 1. The fourth-order valence-corrected chi connectivity index (χ4v) is 2.99. The normalized spacial score (nSPS) is 15.4. The molecule has 1 aliphatic rings. The minimum absolute atomic E-state index is 0.0274. The topological polar surface area (TPSA) is 155 Å². The maximum Gasteiger partial charge on any atom is 0.355 e. The van der Waals surface area contributed by atoms with Gasteiger partial charge in [0.1, 0.15) is 17.5 Å². The van der Waals surface area contributed by atoms with Crippen molar-refractivity contribution in [3.05, 3.63) is 75.4 Å². The third kappa shape index (κ3) is 3.01. The number of ketones is 1. The number of non-ortho nitro benzene ring substituents is 1. The van der Waals surface area contributed by atoms with Crippen molar-refractivity contribution in [3.63, 3.8) is 0 Å². The number of tetrazole rings is 1. The van der Waals surface area contributed by atoms with E-state index in [1.165, 1.54) is 42.3 Å². The number of fused-ring (bicyclic) bond motifs is 1. The van der Waals surface area contributed by atoms with E-state index in [1.54, 1.807) is 12.1 Å². The summed E-state index contributed by atoms with van der Waals surface area (Å²) < 4.78 is 11.6. The minimum atomic E-state index is -0.951. The predicted molar refractivity (Wildman–Crippen MR) is 94.8 cm³/mol. The van der Waals surface area contributed by atoms with Gasteiger partial charge in [0.05, 0.1) is 23.9 Å². The molecule has 0 unspecified atom stereocenters. The first-order chi connectivity index (χ1) is 14.0. The SMILES string of the molecule is COC(=O)C1=C(C(=O)c2ccc([N+](=O)[O-])cc2)[C@H](c2ccco2)n2nnnc2N1. The van der Waals surface area contributed by atoms with E-state index in [4.69, 9.17) is 9.15 Å². The van der Waals surface area contributed by atoms with Crippen molar-refractivity contribution < 1.29 is 23.7 Å². The largest absolute Gasteiger partial charge is 0.467 e. The van der Waals surface area contributed by atoms with Gasteiger partial charge in [-0.25, -0.2) is 4.79 Å². The van der Waals surface area contributed by atoms with Gasteiger partial charge < -0.3 is 14.5 Å². The zero-order valence-corrected chi connectivity index (χ0v) is 14.8. The molecule has 0 spiro atoms. The minimum Gasteiger partial charge on any atom is -0.467 e. The lowest BCUT2D eigenvalue weighted by molar-refractivity contribution is -0.384. The Balaban J connectivity index is 1.89. The summed E-state index contributed by atoms with van der Waals surface area (Å²) in [6.07, 6.45) is 1.41. The highest BCUT2D eigenvalue weighted by atomic mass is 16.6. The van der Waals surface area contributed by atoms with Crippen LogP contribution < -0.4 is 5.32 Å². The van der Waals surface area contributed by atoms with Crippen molar-refractivity contribution >= 4 is 23.4 Å². The molecule has 0 fully saturated rings. The van der Waals surface area contributed by atoms with E-state index in [0.717, 1.165) is 0 Å². The summed E-state index contributed by atoms with van der Waals surface area (Å²) in [7, 11) is 1.17. The van der Waals surface area contributed by atoms with Gasteiger partial charge in [0.2, 0.25) is 5.95 Å². The molecule has 0 radical (unpaired) electrons. The van der Waals surface area contributed by atoms with Crippen LogP contribution in [0.5, 0.6) is 0 Å². The number of rotatable bonds is 5. The Morgan fingerprint density at radius 1 is 1.28 bits per heavy atom. The van der Waals surface area contributed by atoms with Gasteiger partial charge in [-0.05, 0) is 34.7 Å². The Bertz CT molecular complexity index is 1130. The highest BCUT2D eigenvalue weighted by Gasteiger charge is 2.39. The molecule has 0 saturated heterocycles. The van der Waals surface area contributed by atoms with Crippen molar-refractivity contribution in [2.45, 2.75) is 6.04 Å². The Morgan fingerprint density at radius 3 is 2.66 bits per heavy atom. The van der Waals surface area contributed by atoms with Crippen LogP contribution in [0.15, 0.2) is 58.3 Å². The second-order valence-corrected chi connectivity index (χ2v) is 5.90. The lowest BCUT2D eigenvalue weighted by atomic mass is 9.92. The number of carbonyl (C=O) groups is 2. The van der Waals surface area contributed by atoms with Crippen molar-refractivity contribution in [1.82, 2.24) is 20.2 Å². The van der Waals surface area contributed by atoms with Gasteiger partial charge in [-0.3, -0.25) is 14.9 Å². The fourth-order valence-electron chi connectivity index (χ4n) is 2.99. The van der Waals surface area contributed by atoms with Gasteiger partial charge in [0, 0.05) is 17.7 Å². The second kappa shape index (κ2) is 6.99. The lowest BCUT2D eigenvalue weighted by Gasteiger charge is -2.26. The molecule has 3 aromatic rings. The van der Waals surface area contributed by atoms with Crippen LogP contribution in [0.3, 0.4) is 0 Å². The number of hydrogen-bond acceptors (Lipinski definition) is 10. The molecule has 1 N–H and O–H groups in total. The van der Waals surface area contributed by atoms with E-state index >= 15 is 0 Å². The molecule has 1 aliphatic heterocycles. The number of furan rings is 1. The predicted octanol–water partition coefficient (Wildman–Crippen LogP) is 1.50. The van der Waals surface area contributed by atoms with Gasteiger partial charge in [-0.2, -0.15) is 4.68 Å². The number of ether oxygens (including phenoxy) is 1. The first-order valence-corrected chi connectivity index (χ1v) is 8.21. The average molecular weight is 396 g/mol. The maximum atomic E-state index is 13.3. The summed E-state index contributed by atoms with van der Waals surface area (Å²) in [4.78, 5) is 36.1. The number of esters is 1. The highest BCUT2D eigenvalue weighted by Crippen LogP contribution is 2.36. The third-order valence-corrected chi connectivity index (χ3v) is 4.30. The Labute approximate surface area is 161 Å². The number of benzene rings is 1. The number of carbonyl (C=O) groups excluding carboxylic acids is 2. The van der Waals surface area contributed by atoms with Crippen LogP contribution in [0.25, 0.3) is 0 Å². The van der Waals surface area contributed by atoms with Crippen molar-refractivity contribution in [2.75, 3.05) is 12.4 Å². The molecule has 12 nitrogen and oxygen atoms in total. The van der Waals surface area contributed by atoms with E-state index in [0.29, 0.717) is 5.76 Å². The molecule has 0 aliphatic carbocycles. The van der Waals surface area contributed by atoms with Crippen LogP contribution in [-0.4, -0.2) is 44.0 Å². The molecular formula is C17H12N6O6. The second-order valence-electron chi connectivity index (χ2n) is 5.90. The number of anilines is 1. The lowest BCUT2D eigenvalue weighted by Crippen LogP contribution is -2.32. The summed E-state index contributed by atoms with van der Waals surface area (Å²) in [5, 5.41) is 24.9. The van der Waals surface area contributed by atoms with Crippen LogP contribution in [0.2, 0.25) is 0 Å². The van der Waals surface area contributed by atoms with Crippen LogP contribution in [0, 0.1) is 10.1 Å². The molecule has 12 heteroatoms. The first-order valence-electron chi connectivity index (χ1n) is 8.21. The number of nitrogens with zero attached hydrogens (tertiary/aromatic N) is 5. The Morgan fingerprint density at radius 2 is 2.03 bits per heavy atom. The number of allylic oxidation sites excluding steroid dienone is 1. The molecular weight excluding hydrogens is 384 g/mol. The molecule has 29 heavy (non-hydrogen) atoms. The van der Waals surface area contributed by atoms with Gasteiger partial charge in [-0.1, -0.05) is 5.10 Å². The molecule has 1 aromatic carbocycles. The molecule has 1 atom stereocenters. The maximum absolute atomic E-state index is 13.3. The van der Waals surface area contributed by atoms with Crippen molar-refractivity contribution in [3.8, 4) is 0 Å². The summed E-state index contributed by atoms with van der Waals surface area (Å²) in [6, 6.07) is 7.28. The Kier molecular flexibility index (Phi) is 4.35. The van der Waals surface area contributed by atoms with E-state index in [9.17, 15) is 19.7 Å². The molecule has 4 rings (SSSR count). The smallest absolute Gasteiger partial charge is 0.355 e. The summed E-state index contributed by atoms with van der Waals surface area (Å²) in [5.74, 6) is -0.949. The number of Topliss-reactive ketones (excluding diaryl/α,β-unsaturated/α-hetero) is 1. The van der Waals surface area contributed by atoms with E-state index in [2.05, 4.69) is 20.8 Å². The number of nitro groups is 1. The van der Waals surface area contributed by atoms with Crippen molar-refractivity contribution in [1.29, 1.82) is 0 Å². The third-order valence-electron chi connectivity index (χ3n) is 4.30. The number of nitro benzene ring substituents is 1. The molecule has 0 bridgehead atoms. The quantitative estimate of drug-likeness (QED) is 0.290. The van der Waals surface area contributed by atoms with Crippen LogP contribution >= 0.6 is 0 Å². The standard InChI is InChI=1S/C17H12N6O6/c1-28-16(25)13-12(15(24)9-4-6-10(7-5-9)23(26)27)14(11-3-2-8-29-11)22-17(18-13)19-20-21-22/h2-8,14H,1H3,(H,18,19,21)/t14-/m0/s1. The highest BCUT2D eigenvalue weighted by molar-refractivity contribution is 6.14. The zero-order chi connectivity index (χ0) is 20.5. The molecule has 3 heterocycles. The van der Waals surface area contributed by atoms with Gasteiger partial charge >= 0.3 is 5.97 Å². The van der Waals surface area contributed by atoms with Crippen LogP contribution in [0.1, 0.15) is 22.2 Å². The average Bonchev–Trinajstić information content (AvgIpc) is 3.43. The number of nitrogens with one attached hydrogen (secondary N) is 1. The molecule has 146 valence electrons. The fraction of sp³-hybridized carbons (Fsp3) is 0.118. The zero-order valence-electron chi connectivity index (χ0n) is 14.8. The van der Waals surface area contributed by atoms with E-state index < -0.39 is 22.7 Å². The van der Waals surface area contributed by atoms with Crippen LogP contribution in [0.4, 0.5) is 11.6 Å².